The normalized spacial score (nSPS) is 25.8. The summed E-state index contributed by atoms with van der Waals surface area (Å²) in [6, 6.07) is 0. The van der Waals surface area contributed by atoms with Gasteiger partial charge in [-0.15, -0.1) is 11.3 Å². The molecule has 3 heteroatoms. The molecule has 0 radical (unpaired) electrons. The first-order chi connectivity index (χ1) is 5.63. The van der Waals surface area contributed by atoms with Crippen LogP contribution in [0, 0.1) is 5.41 Å². The summed E-state index contributed by atoms with van der Waals surface area (Å²) in [7, 11) is 0. The lowest BCUT2D eigenvalue weighted by Crippen LogP contribution is -1.90. The predicted molar refractivity (Wildman–Crippen MR) is 49.2 cm³/mol. The molecular weight excluding hydrogens is 170 g/mol. The molecule has 1 unspecified atom stereocenters. The van der Waals surface area contributed by atoms with Gasteiger partial charge < -0.3 is 5.11 Å². The third-order valence-electron chi connectivity index (χ3n) is 2.54. The largest absolute Gasteiger partial charge is 0.390 e. The van der Waals surface area contributed by atoms with Crippen molar-refractivity contribution in [2.45, 2.75) is 32.8 Å². The van der Waals surface area contributed by atoms with Crippen molar-refractivity contribution in [1.82, 2.24) is 4.98 Å². The smallest absolute Gasteiger partial charge is 0.0965 e. The van der Waals surface area contributed by atoms with Gasteiger partial charge in [-0.25, -0.2) is 4.98 Å². The Morgan fingerprint density at radius 3 is 2.83 bits per heavy atom. The van der Waals surface area contributed by atoms with Crippen molar-refractivity contribution >= 4 is 11.3 Å². The van der Waals surface area contributed by atoms with Crippen LogP contribution >= 0.6 is 11.3 Å². The molecule has 1 aromatic rings. The highest BCUT2D eigenvalue weighted by Crippen LogP contribution is 2.59. The van der Waals surface area contributed by atoms with Crippen molar-refractivity contribution in [3.63, 3.8) is 0 Å². The molecule has 0 amide bonds. The van der Waals surface area contributed by atoms with Crippen LogP contribution in [0.1, 0.15) is 36.9 Å². The highest BCUT2D eigenvalue weighted by atomic mass is 32.1. The lowest BCUT2D eigenvalue weighted by Gasteiger charge is -1.97. The Balaban J connectivity index is 2.15. The molecule has 0 aliphatic heterocycles. The number of rotatable bonds is 2. The van der Waals surface area contributed by atoms with Gasteiger partial charge in [0, 0.05) is 11.3 Å². The van der Waals surface area contributed by atoms with Gasteiger partial charge in [-0.1, -0.05) is 13.8 Å². The van der Waals surface area contributed by atoms with Crippen molar-refractivity contribution in [3.8, 4) is 0 Å². The van der Waals surface area contributed by atoms with E-state index in [2.05, 4.69) is 18.8 Å². The maximum absolute atomic E-state index is 8.83. The summed E-state index contributed by atoms with van der Waals surface area (Å²) >= 11 is 1.68. The maximum Gasteiger partial charge on any atom is 0.0965 e. The van der Waals surface area contributed by atoms with Gasteiger partial charge in [-0.3, -0.25) is 0 Å². The van der Waals surface area contributed by atoms with Gasteiger partial charge in [-0.2, -0.15) is 0 Å². The molecule has 1 atom stereocenters. The number of aromatic nitrogens is 1. The molecule has 1 aromatic heterocycles. The fraction of sp³-hybridized carbons (Fsp3) is 0.667. The molecule has 1 fully saturated rings. The molecule has 0 spiro atoms. The molecule has 0 aromatic carbocycles. The molecule has 0 saturated heterocycles. The summed E-state index contributed by atoms with van der Waals surface area (Å²) in [5.41, 5.74) is 1.27. The highest BCUT2D eigenvalue weighted by molar-refractivity contribution is 7.09. The second kappa shape index (κ2) is 2.54. The third-order valence-corrected chi connectivity index (χ3v) is 3.55. The molecule has 2 nitrogen and oxygen atoms in total. The van der Waals surface area contributed by atoms with Gasteiger partial charge in [0.15, 0.2) is 0 Å². The van der Waals surface area contributed by atoms with E-state index in [1.54, 1.807) is 11.3 Å². The van der Waals surface area contributed by atoms with E-state index in [4.69, 9.17) is 5.11 Å². The average molecular weight is 183 g/mol. The fourth-order valence-corrected chi connectivity index (χ4v) is 2.56. The van der Waals surface area contributed by atoms with Crippen LogP contribution in [0.5, 0.6) is 0 Å². The predicted octanol–water partition coefficient (Wildman–Crippen LogP) is 2.15. The van der Waals surface area contributed by atoms with E-state index in [9.17, 15) is 0 Å². The summed E-state index contributed by atoms with van der Waals surface area (Å²) in [4.78, 5) is 4.35. The van der Waals surface area contributed by atoms with E-state index in [0.29, 0.717) is 11.3 Å². The summed E-state index contributed by atoms with van der Waals surface area (Å²) in [6.45, 7) is 4.60. The maximum atomic E-state index is 8.83. The van der Waals surface area contributed by atoms with Gasteiger partial charge in [0.2, 0.25) is 0 Å². The molecule has 1 saturated carbocycles. The van der Waals surface area contributed by atoms with Crippen LogP contribution in [0.25, 0.3) is 0 Å². The summed E-state index contributed by atoms with van der Waals surface area (Å²) < 4.78 is 0. The van der Waals surface area contributed by atoms with Crippen LogP contribution in [-0.2, 0) is 6.61 Å². The molecule has 1 aliphatic carbocycles. The standard InChI is InChI=1S/C9H13NOS/c1-9(2)3-7(9)8-10-6(4-11)5-12-8/h5,7,11H,3-4H2,1-2H3. The van der Waals surface area contributed by atoms with Gasteiger partial charge in [0.1, 0.15) is 0 Å². The summed E-state index contributed by atoms with van der Waals surface area (Å²) in [5, 5.41) is 12.0. The van der Waals surface area contributed by atoms with Crippen molar-refractivity contribution in [3.05, 3.63) is 16.1 Å². The highest BCUT2D eigenvalue weighted by Gasteiger charge is 2.48. The van der Waals surface area contributed by atoms with Crippen molar-refractivity contribution in [2.75, 3.05) is 0 Å². The minimum atomic E-state index is 0.0731. The molecular formula is C9H13NOS. The lowest BCUT2D eigenvalue weighted by atomic mass is 10.1. The quantitative estimate of drug-likeness (QED) is 0.762. The Morgan fingerprint density at radius 2 is 2.42 bits per heavy atom. The zero-order valence-corrected chi connectivity index (χ0v) is 8.19. The minimum Gasteiger partial charge on any atom is -0.390 e. The van der Waals surface area contributed by atoms with Crippen LogP contribution in [0.2, 0.25) is 0 Å². The van der Waals surface area contributed by atoms with Gasteiger partial charge in [-0.05, 0) is 11.8 Å². The number of aliphatic hydroxyl groups is 1. The lowest BCUT2D eigenvalue weighted by molar-refractivity contribution is 0.277. The van der Waals surface area contributed by atoms with E-state index in [-0.39, 0.29) is 6.61 Å². The number of hydrogen-bond donors (Lipinski definition) is 1. The van der Waals surface area contributed by atoms with Crippen molar-refractivity contribution in [1.29, 1.82) is 0 Å². The van der Waals surface area contributed by atoms with Crippen LogP contribution in [0.4, 0.5) is 0 Å². The minimum absolute atomic E-state index is 0.0731. The average Bonchev–Trinajstić information content (AvgIpc) is 2.52. The number of aliphatic hydroxyl groups excluding tert-OH is 1. The Labute approximate surface area is 76.3 Å². The van der Waals surface area contributed by atoms with Crippen LogP contribution < -0.4 is 0 Å². The number of nitrogens with zero attached hydrogens (tertiary/aromatic N) is 1. The first-order valence-electron chi connectivity index (χ1n) is 4.18. The Morgan fingerprint density at radius 1 is 1.75 bits per heavy atom. The number of hydrogen-bond acceptors (Lipinski definition) is 3. The van der Waals surface area contributed by atoms with Gasteiger partial charge in [0.25, 0.3) is 0 Å². The third kappa shape index (κ3) is 1.27. The number of thiazole rings is 1. The molecule has 1 heterocycles. The molecule has 0 bridgehead atoms. The second-order valence-electron chi connectivity index (χ2n) is 4.08. The Kier molecular flexibility index (Phi) is 1.73. The first-order valence-corrected chi connectivity index (χ1v) is 5.06. The Bertz CT molecular complexity index is 292. The van der Waals surface area contributed by atoms with Crippen LogP contribution in [0.3, 0.4) is 0 Å². The summed E-state index contributed by atoms with van der Waals surface area (Å²) in [6.07, 6.45) is 1.24. The van der Waals surface area contributed by atoms with E-state index >= 15 is 0 Å². The Hall–Kier alpha value is -0.410. The zero-order valence-electron chi connectivity index (χ0n) is 7.37. The molecule has 1 N–H and O–H groups in total. The van der Waals surface area contributed by atoms with Crippen LogP contribution in [0.15, 0.2) is 5.38 Å². The van der Waals surface area contributed by atoms with E-state index in [1.165, 1.54) is 11.4 Å². The van der Waals surface area contributed by atoms with E-state index < -0.39 is 0 Å². The van der Waals surface area contributed by atoms with E-state index in [1.807, 2.05) is 5.38 Å². The van der Waals surface area contributed by atoms with Crippen molar-refractivity contribution < 1.29 is 5.11 Å². The monoisotopic (exact) mass is 183 g/mol. The first kappa shape index (κ1) is 8.20. The second-order valence-corrected chi connectivity index (χ2v) is 4.97. The molecule has 1 aliphatic rings. The molecule has 66 valence electrons. The molecule has 2 rings (SSSR count). The van der Waals surface area contributed by atoms with Crippen molar-refractivity contribution in [2.24, 2.45) is 5.41 Å². The van der Waals surface area contributed by atoms with Gasteiger partial charge >= 0.3 is 0 Å². The molecule has 12 heavy (non-hydrogen) atoms. The van der Waals surface area contributed by atoms with Crippen LogP contribution in [-0.4, -0.2) is 10.1 Å². The van der Waals surface area contributed by atoms with E-state index in [0.717, 1.165) is 5.69 Å². The van der Waals surface area contributed by atoms with Gasteiger partial charge in [0.05, 0.1) is 17.3 Å². The fourth-order valence-electron chi connectivity index (χ4n) is 1.44. The zero-order chi connectivity index (χ0) is 8.77. The topological polar surface area (TPSA) is 33.1 Å². The SMILES string of the molecule is CC1(C)CC1c1nc(CO)cs1. The summed E-state index contributed by atoms with van der Waals surface area (Å²) in [5.74, 6) is 0.641.